The monoisotopic (exact) mass is 1030 g/mol. The van der Waals surface area contributed by atoms with Crippen molar-refractivity contribution in [3.05, 3.63) is 108 Å². The molecule has 4 aromatic rings. The summed E-state index contributed by atoms with van der Waals surface area (Å²) in [6.07, 6.45) is -0.557. The van der Waals surface area contributed by atoms with Gasteiger partial charge in [0.05, 0.1) is 18.2 Å². The van der Waals surface area contributed by atoms with Gasteiger partial charge in [-0.1, -0.05) is 100 Å². The summed E-state index contributed by atoms with van der Waals surface area (Å²) in [5, 5.41) is 40.3. The van der Waals surface area contributed by atoms with Gasteiger partial charge >= 0.3 is 0 Å². The Hall–Kier alpha value is -6.50. The summed E-state index contributed by atoms with van der Waals surface area (Å²) < 4.78 is 0. The van der Waals surface area contributed by atoms with E-state index in [0.717, 1.165) is 38.1 Å². The van der Waals surface area contributed by atoms with Gasteiger partial charge in [-0.25, -0.2) is 0 Å². The van der Waals surface area contributed by atoms with Crippen molar-refractivity contribution in [1.29, 1.82) is 0 Å². The second-order valence-corrected chi connectivity index (χ2v) is 20.1. The van der Waals surface area contributed by atoms with Gasteiger partial charge in [-0.2, -0.15) is 0 Å². The number of hydrogen-bond donors (Lipinski definition) is 13. The van der Waals surface area contributed by atoms with E-state index in [0.29, 0.717) is 24.0 Å². The third-order valence-corrected chi connectivity index (χ3v) is 14.3. The van der Waals surface area contributed by atoms with Crippen LogP contribution in [0.4, 0.5) is 0 Å². The zero-order chi connectivity index (χ0) is 52.3. The van der Waals surface area contributed by atoms with E-state index in [9.17, 15) is 48.6 Å². The third kappa shape index (κ3) is 16.8. The molecule has 0 radical (unpaired) electrons. The average Bonchev–Trinajstić information content (AvgIpc) is 3.76. The van der Waals surface area contributed by atoms with Gasteiger partial charge in [0.15, 0.2) is 0 Å². The number of primary amides is 1. The lowest BCUT2D eigenvalue weighted by atomic mass is 10.0. The predicted molar refractivity (Wildman–Crippen MR) is 274 cm³/mol. The number of aromatic amines is 1. The Morgan fingerprint density at radius 1 is 0.708 bits per heavy atom. The zero-order valence-electron chi connectivity index (χ0n) is 40.0. The van der Waals surface area contributed by atoms with E-state index in [1.807, 2.05) is 30.3 Å². The number of carbonyl (C=O) groups excluding carboxylic acids is 8. The second-order valence-electron chi connectivity index (χ2n) is 17.6. The molecule has 1 aliphatic heterocycles. The Bertz CT molecular complexity index is 2480. The molecule has 8 amide bonds. The molecular formula is C49H65N11O10S2. The van der Waals surface area contributed by atoms with Crippen LogP contribution in [-0.4, -0.2) is 141 Å². The van der Waals surface area contributed by atoms with E-state index in [4.69, 9.17) is 17.2 Å². The molecule has 5 rings (SSSR count). The van der Waals surface area contributed by atoms with Crippen LogP contribution in [0.2, 0.25) is 0 Å². The number of fused-ring (bicyclic) bond motifs is 1. The van der Waals surface area contributed by atoms with Gasteiger partial charge in [0.2, 0.25) is 47.3 Å². The van der Waals surface area contributed by atoms with Crippen molar-refractivity contribution in [2.45, 2.75) is 113 Å². The molecule has 16 N–H and O–H groups in total. The molecule has 0 saturated carbocycles. The molecule has 0 aliphatic carbocycles. The minimum absolute atomic E-state index is 0.0121. The van der Waals surface area contributed by atoms with Gasteiger partial charge in [0, 0.05) is 41.4 Å². The second kappa shape index (κ2) is 27.9. The van der Waals surface area contributed by atoms with Crippen molar-refractivity contribution in [2.75, 3.05) is 18.1 Å². The number of aliphatic hydroxyl groups excluding tert-OH is 2. The molecule has 388 valence electrons. The summed E-state index contributed by atoms with van der Waals surface area (Å²) in [7, 11) is 1.96. The number of rotatable bonds is 17. The van der Waals surface area contributed by atoms with Crippen LogP contribution in [-0.2, 0) is 57.6 Å². The first-order valence-corrected chi connectivity index (χ1v) is 26.0. The maximum absolute atomic E-state index is 14.7. The summed E-state index contributed by atoms with van der Waals surface area (Å²) in [6.45, 7) is 2.70. The highest BCUT2D eigenvalue weighted by Gasteiger charge is 2.37. The molecule has 0 spiro atoms. The van der Waals surface area contributed by atoms with E-state index in [-0.39, 0.29) is 43.7 Å². The van der Waals surface area contributed by atoms with Crippen LogP contribution in [0, 0.1) is 0 Å². The number of amides is 8. The number of unbranched alkanes of at least 4 members (excludes halogenated alkanes) is 1. The topological polar surface area (TPSA) is 355 Å². The molecule has 1 fully saturated rings. The lowest BCUT2D eigenvalue weighted by Crippen LogP contribution is -2.62. The fraction of sp³-hybridized carbons (Fsp3) is 0.429. The van der Waals surface area contributed by atoms with Crippen molar-refractivity contribution in [3.63, 3.8) is 0 Å². The number of aromatic nitrogens is 1. The molecular weight excluding hydrogens is 967 g/mol. The summed E-state index contributed by atoms with van der Waals surface area (Å²) in [5.74, 6) is -7.51. The third-order valence-electron chi connectivity index (χ3n) is 11.8. The standard InChI is InChI=1S/C49H65N11O10S2/c1-27(61)40(42(52)63)59-48(69)39-26-72-71-25-38(57-43(64)33(51)21-29-13-5-3-6-14-29)47(68)55-36(22-30-15-7-4-8-16-30)45(66)56-37(23-31-24-53-34-18-10-9-17-32(31)34)46(67)54-35(19-11-12-20-50)44(65)60-41(28(2)62)49(70)58-39/h3-10,13-18,24,27-28,33,35-41,53,61-62H,11-12,19-23,25-26,50-51H2,1-2H3,(H2,52,63)(H,54,67)(H,55,68)(H,56,66)(H,57,64)(H,58,70)(H,59,69)(H,60,65)/t27-,28-,33-,35?,36+,37?,38?,39+,40+,41+/m1/s1. The van der Waals surface area contributed by atoms with Crippen molar-refractivity contribution in [1.82, 2.24) is 42.2 Å². The van der Waals surface area contributed by atoms with Crippen LogP contribution in [0.15, 0.2) is 91.1 Å². The predicted octanol–water partition coefficient (Wildman–Crippen LogP) is -1.31. The number of para-hydroxylation sites is 1. The van der Waals surface area contributed by atoms with Crippen LogP contribution in [0.1, 0.15) is 49.8 Å². The number of nitrogens with two attached hydrogens (primary N) is 3. The fourth-order valence-electron chi connectivity index (χ4n) is 7.81. The first kappa shape index (κ1) is 56.4. The Balaban J connectivity index is 1.57. The largest absolute Gasteiger partial charge is 0.391 e. The van der Waals surface area contributed by atoms with Crippen LogP contribution in [0.25, 0.3) is 10.9 Å². The number of carbonyl (C=O) groups is 8. The number of H-pyrrole nitrogens is 1. The number of benzene rings is 3. The van der Waals surface area contributed by atoms with Crippen LogP contribution >= 0.6 is 21.6 Å². The van der Waals surface area contributed by atoms with Crippen LogP contribution in [0.3, 0.4) is 0 Å². The lowest BCUT2D eigenvalue weighted by Gasteiger charge is -2.29. The molecule has 1 aromatic heterocycles. The van der Waals surface area contributed by atoms with Gasteiger partial charge < -0.3 is 69.6 Å². The smallest absolute Gasteiger partial charge is 0.245 e. The average molecular weight is 1030 g/mol. The molecule has 21 nitrogen and oxygen atoms in total. The Morgan fingerprint density at radius 2 is 1.29 bits per heavy atom. The minimum Gasteiger partial charge on any atom is -0.391 e. The molecule has 1 aliphatic rings. The molecule has 3 aromatic carbocycles. The van der Waals surface area contributed by atoms with Crippen molar-refractivity contribution >= 4 is 79.7 Å². The molecule has 1 saturated heterocycles. The zero-order valence-corrected chi connectivity index (χ0v) is 41.6. The van der Waals surface area contributed by atoms with E-state index in [1.165, 1.54) is 13.8 Å². The number of aliphatic hydroxyl groups is 2. The van der Waals surface area contributed by atoms with E-state index in [2.05, 4.69) is 42.2 Å². The van der Waals surface area contributed by atoms with Gasteiger partial charge in [-0.15, -0.1) is 0 Å². The first-order chi connectivity index (χ1) is 34.4. The summed E-state index contributed by atoms with van der Waals surface area (Å²) >= 11 is 0. The van der Waals surface area contributed by atoms with E-state index < -0.39 is 108 Å². The van der Waals surface area contributed by atoms with Gasteiger partial charge in [0.25, 0.3) is 0 Å². The highest BCUT2D eigenvalue weighted by atomic mass is 33.1. The van der Waals surface area contributed by atoms with Gasteiger partial charge in [-0.3, -0.25) is 38.4 Å². The quantitative estimate of drug-likeness (QED) is 0.0432. The first-order valence-electron chi connectivity index (χ1n) is 23.6. The van der Waals surface area contributed by atoms with Crippen molar-refractivity contribution in [2.24, 2.45) is 17.2 Å². The minimum atomic E-state index is -1.71. The molecule has 3 unspecified atom stereocenters. The van der Waals surface area contributed by atoms with E-state index in [1.54, 1.807) is 60.8 Å². The molecule has 2 heterocycles. The summed E-state index contributed by atoms with van der Waals surface area (Å²) in [5.41, 5.74) is 20.4. The van der Waals surface area contributed by atoms with Gasteiger partial charge in [-0.05, 0) is 68.8 Å². The summed E-state index contributed by atoms with van der Waals surface area (Å²) in [4.78, 5) is 115. The van der Waals surface area contributed by atoms with Crippen LogP contribution < -0.4 is 54.4 Å². The maximum Gasteiger partial charge on any atom is 0.245 e. The van der Waals surface area contributed by atoms with E-state index >= 15 is 0 Å². The normalized spacial score (nSPS) is 22.6. The Kier molecular flexibility index (Phi) is 21.9. The molecule has 0 bridgehead atoms. The summed E-state index contributed by atoms with van der Waals surface area (Å²) in [6, 6.07) is 13.7. The van der Waals surface area contributed by atoms with Crippen molar-refractivity contribution in [3.8, 4) is 0 Å². The number of hydrogen-bond acceptors (Lipinski definition) is 14. The van der Waals surface area contributed by atoms with Crippen LogP contribution in [0.5, 0.6) is 0 Å². The SMILES string of the molecule is C[C@@H](O)[C@H](NC(=O)[C@@H]1CSSCC(NC(=O)[C@H](N)Cc2ccccc2)C(=O)N[C@@H](Cc2ccccc2)C(=O)NC(Cc2c[nH]c3ccccc23)C(=O)NC(CCCCN)C(=O)N[C@@H]([C@@H](C)O)C(=O)N1)C(N)=O. The maximum atomic E-state index is 14.7. The van der Waals surface area contributed by atoms with Crippen molar-refractivity contribution < 1.29 is 48.6 Å². The molecule has 72 heavy (non-hydrogen) atoms. The lowest BCUT2D eigenvalue weighted by molar-refractivity contribution is -0.137. The Labute approximate surface area is 424 Å². The highest BCUT2D eigenvalue weighted by Crippen LogP contribution is 2.24. The number of nitrogens with one attached hydrogen (secondary N) is 8. The Morgan fingerprint density at radius 3 is 1.93 bits per heavy atom. The molecule has 10 atom stereocenters. The highest BCUT2D eigenvalue weighted by molar-refractivity contribution is 8.76. The molecule has 23 heteroatoms. The fourth-order valence-corrected chi connectivity index (χ4v) is 10.1. The van der Waals surface area contributed by atoms with Gasteiger partial charge in [0.1, 0.15) is 42.3 Å².